The van der Waals surface area contributed by atoms with Gasteiger partial charge in [0.15, 0.2) is 0 Å². The molecule has 4 nitrogen and oxygen atoms in total. The van der Waals surface area contributed by atoms with E-state index in [-0.39, 0.29) is 0 Å². The van der Waals surface area contributed by atoms with Crippen molar-refractivity contribution < 1.29 is 8.42 Å². The third-order valence-electron chi connectivity index (χ3n) is 2.79. The van der Waals surface area contributed by atoms with Crippen LogP contribution in [0.3, 0.4) is 0 Å². The summed E-state index contributed by atoms with van der Waals surface area (Å²) in [7, 11) is -3.19. The molecule has 0 fully saturated rings. The van der Waals surface area contributed by atoms with Gasteiger partial charge < -0.3 is 5.32 Å². The second kappa shape index (κ2) is 6.58. The van der Waals surface area contributed by atoms with Gasteiger partial charge in [0.05, 0.1) is 6.26 Å². The zero-order valence-electron chi connectivity index (χ0n) is 12.3. The van der Waals surface area contributed by atoms with Crippen molar-refractivity contribution in [1.29, 1.82) is 0 Å². The molecule has 0 spiro atoms. The van der Waals surface area contributed by atoms with Gasteiger partial charge in [-0.15, -0.1) is 22.7 Å². The van der Waals surface area contributed by atoms with Gasteiger partial charge in [-0.05, 0) is 36.7 Å². The molecule has 0 unspecified atom stereocenters. The third-order valence-corrected chi connectivity index (χ3v) is 5.57. The summed E-state index contributed by atoms with van der Waals surface area (Å²) in [6, 6.07) is 6.35. The predicted octanol–water partition coefficient (Wildman–Crippen LogP) is 2.89. The molecule has 0 radical (unpaired) electrons. The van der Waals surface area contributed by atoms with E-state index in [2.05, 4.69) is 39.0 Å². The largest absolute Gasteiger partial charge is 0.310 e. The van der Waals surface area contributed by atoms with E-state index < -0.39 is 15.6 Å². The van der Waals surface area contributed by atoms with Crippen molar-refractivity contribution in [2.75, 3.05) is 12.8 Å². The van der Waals surface area contributed by atoms with Gasteiger partial charge >= 0.3 is 0 Å². The van der Waals surface area contributed by atoms with Gasteiger partial charge in [-0.25, -0.2) is 13.1 Å². The van der Waals surface area contributed by atoms with Crippen molar-refractivity contribution in [2.45, 2.75) is 25.9 Å². The number of hydrogen-bond acceptors (Lipinski definition) is 5. The van der Waals surface area contributed by atoms with E-state index in [1.165, 1.54) is 21.6 Å². The molecule has 21 heavy (non-hydrogen) atoms. The molecule has 2 aromatic heterocycles. The predicted molar refractivity (Wildman–Crippen MR) is 91.4 cm³/mol. The van der Waals surface area contributed by atoms with Crippen LogP contribution in [0.4, 0.5) is 0 Å². The Morgan fingerprint density at radius 2 is 2.05 bits per heavy atom. The minimum Gasteiger partial charge on any atom is -0.310 e. The SMILES string of the molecule is CC(C)(CNCc1cc(-c2cccs2)cs1)NS(C)(=O)=O. The van der Waals surface area contributed by atoms with Crippen molar-refractivity contribution in [1.82, 2.24) is 10.0 Å². The molecule has 0 amide bonds. The molecule has 0 atom stereocenters. The Balaban J connectivity index is 1.87. The van der Waals surface area contributed by atoms with Crippen LogP contribution < -0.4 is 10.0 Å². The van der Waals surface area contributed by atoms with Crippen LogP contribution in [0.25, 0.3) is 10.4 Å². The summed E-state index contributed by atoms with van der Waals surface area (Å²) < 4.78 is 25.2. The molecular formula is C14H20N2O2S3. The first-order chi connectivity index (χ1) is 9.75. The first kappa shape index (κ1) is 16.6. The highest BCUT2D eigenvalue weighted by Gasteiger charge is 2.21. The topological polar surface area (TPSA) is 58.2 Å². The Labute approximate surface area is 134 Å². The van der Waals surface area contributed by atoms with Crippen molar-refractivity contribution in [3.05, 3.63) is 33.8 Å². The summed E-state index contributed by atoms with van der Waals surface area (Å²) >= 11 is 3.45. The summed E-state index contributed by atoms with van der Waals surface area (Å²) in [5.74, 6) is 0. The van der Waals surface area contributed by atoms with Crippen LogP contribution in [0.15, 0.2) is 29.0 Å². The molecule has 0 aromatic carbocycles. The Kier molecular flexibility index (Phi) is 5.21. The molecule has 0 aliphatic rings. The number of hydrogen-bond donors (Lipinski definition) is 2. The van der Waals surface area contributed by atoms with E-state index >= 15 is 0 Å². The maximum Gasteiger partial charge on any atom is 0.209 e. The smallest absolute Gasteiger partial charge is 0.209 e. The minimum atomic E-state index is -3.19. The van der Waals surface area contributed by atoms with Crippen LogP contribution in [-0.2, 0) is 16.6 Å². The average Bonchev–Trinajstić information content (AvgIpc) is 2.94. The average molecular weight is 345 g/mol. The van der Waals surface area contributed by atoms with Crippen LogP contribution in [-0.4, -0.2) is 26.8 Å². The van der Waals surface area contributed by atoms with E-state index in [9.17, 15) is 8.42 Å². The monoisotopic (exact) mass is 344 g/mol. The quantitative estimate of drug-likeness (QED) is 0.812. The Morgan fingerprint density at radius 1 is 1.29 bits per heavy atom. The van der Waals surface area contributed by atoms with E-state index in [0.717, 1.165) is 6.54 Å². The van der Waals surface area contributed by atoms with Gasteiger partial charge in [-0.3, -0.25) is 0 Å². The summed E-state index contributed by atoms with van der Waals surface area (Å²) in [5.41, 5.74) is 0.752. The lowest BCUT2D eigenvalue weighted by atomic mass is 10.1. The molecule has 0 bridgehead atoms. The summed E-state index contributed by atoms with van der Waals surface area (Å²) in [6.45, 7) is 5.05. The molecule has 2 aromatic rings. The van der Waals surface area contributed by atoms with E-state index in [4.69, 9.17) is 0 Å². The standard InChI is InChI=1S/C14H20N2O2S3/c1-14(2,16-21(3,17)18)10-15-8-12-7-11(9-20-12)13-5-4-6-19-13/h4-7,9,15-16H,8,10H2,1-3H3. The number of thiophene rings is 2. The van der Waals surface area contributed by atoms with E-state index in [1.807, 2.05) is 13.8 Å². The van der Waals surface area contributed by atoms with Crippen molar-refractivity contribution in [3.8, 4) is 10.4 Å². The van der Waals surface area contributed by atoms with Crippen molar-refractivity contribution in [2.24, 2.45) is 0 Å². The van der Waals surface area contributed by atoms with Crippen molar-refractivity contribution in [3.63, 3.8) is 0 Å². The lowest BCUT2D eigenvalue weighted by Crippen LogP contribution is -2.49. The second-order valence-corrected chi connectivity index (χ2v) is 9.33. The normalized spacial score (nSPS) is 12.7. The van der Waals surface area contributed by atoms with E-state index in [0.29, 0.717) is 6.54 Å². The molecule has 116 valence electrons. The Morgan fingerprint density at radius 3 is 2.67 bits per heavy atom. The molecule has 2 heterocycles. The molecule has 7 heteroatoms. The highest BCUT2D eigenvalue weighted by Crippen LogP contribution is 2.29. The fourth-order valence-electron chi connectivity index (χ4n) is 2.08. The van der Waals surface area contributed by atoms with E-state index in [1.54, 1.807) is 22.7 Å². The lowest BCUT2D eigenvalue weighted by molar-refractivity contribution is 0.422. The first-order valence-corrected chi connectivity index (χ1v) is 10.2. The molecule has 0 aliphatic carbocycles. The molecule has 2 N–H and O–H groups in total. The maximum atomic E-state index is 11.3. The van der Waals surface area contributed by atoms with Gasteiger partial charge in [-0.1, -0.05) is 6.07 Å². The maximum absolute atomic E-state index is 11.3. The fraction of sp³-hybridized carbons (Fsp3) is 0.429. The molecule has 2 rings (SSSR count). The zero-order valence-corrected chi connectivity index (χ0v) is 14.8. The lowest BCUT2D eigenvalue weighted by Gasteiger charge is -2.25. The molecular weight excluding hydrogens is 324 g/mol. The number of rotatable bonds is 7. The van der Waals surface area contributed by atoms with Crippen LogP contribution in [0.5, 0.6) is 0 Å². The second-order valence-electron chi connectivity index (χ2n) is 5.64. The minimum absolute atomic E-state index is 0.499. The molecule has 0 saturated carbocycles. The Hall–Kier alpha value is -0.730. The third kappa shape index (κ3) is 5.52. The highest BCUT2D eigenvalue weighted by molar-refractivity contribution is 7.88. The first-order valence-electron chi connectivity index (χ1n) is 6.56. The van der Waals surface area contributed by atoms with Crippen LogP contribution >= 0.6 is 22.7 Å². The van der Waals surface area contributed by atoms with Gasteiger partial charge in [-0.2, -0.15) is 0 Å². The number of sulfonamides is 1. The highest BCUT2D eigenvalue weighted by atomic mass is 32.2. The van der Waals surface area contributed by atoms with Gasteiger partial charge in [0, 0.05) is 33.9 Å². The van der Waals surface area contributed by atoms with Crippen molar-refractivity contribution >= 4 is 32.7 Å². The Bertz CT molecular complexity index is 673. The fourth-order valence-corrected chi connectivity index (χ4v) is 4.80. The van der Waals surface area contributed by atoms with Gasteiger partial charge in [0.25, 0.3) is 0 Å². The van der Waals surface area contributed by atoms with Gasteiger partial charge in [0.1, 0.15) is 0 Å². The van der Waals surface area contributed by atoms with Crippen LogP contribution in [0.1, 0.15) is 18.7 Å². The molecule has 0 aliphatic heterocycles. The zero-order chi connectivity index (χ0) is 15.5. The molecule has 0 saturated heterocycles. The van der Waals surface area contributed by atoms with Crippen LogP contribution in [0.2, 0.25) is 0 Å². The summed E-state index contributed by atoms with van der Waals surface area (Å²) in [4.78, 5) is 2.52. The number of nitrogens with one attached hydrogen (secondary N) is 2. The summed E-state index contributed by atoms with van der Waals surface area (Å²) in [6.07, 6.45) is 1.18. The van der Waals surface area contributed by atoms with Gasteiger partial charge in [0.2, 0.25) is 10.0 Å². The summed E-state index contributed by atoms with van der Waals surface area (Å²) in [5, 5.41) is 7.54. The van der Waals surface area contributed by atoms with Crippen LogP contribution in [0, 0.1) is 0 Å².